The van der Waals surface area contributed by atoms with E-state index >= 15 is 0 Å². The van der Waals surface area contributed by atoms with Gasteiger partial charge in [0, 0.05) is 22.6 Å². The minimum Gasteiger partial charge on any atom is -0.261 e. The summed E-state index contributed by atoms with van der Waals surface area (Å²) in [5, 5.41) is 3.58. The number of pyridine rings is 1. The Kier molecular flexibility index (Phi) is 3.94. The van der Waals surface area contributed by atoms with Crippen LogP contribution in [0.3, 0.4) is 0 Å². The predicted molar refractivity (Wildman–Crippen MR) is 73.0 cm³/mol. The van der Waals surface area contributed by atoms with E-state index in [-0.39, 0.29) is 0 Å². The number of rotatable bonds is 4. The lowest BCUT2D eigenvalue weighted by atomic mass is 10.0. The number of aryl methyl sites for hydroxylation is 1. The van der Waals surface area contributed by atoms with Crippen LogP contribution in [0.5, 0.6) is 0 Å². The summed E-state index contributed by atoms with van der Waals surface area (Å²) in [6.07, 6.45) is 4.23. The van der Waals surface area contributed by atoms with E-state index in [1.165, 1.54) is 22.9 Å². The molecule has 0 saturated heterocycles. The van der Waals surface area contributed by atoms with Crippen molar-refractivity contribution in [3.8, 4) is 0 Å². The van der Waals surface area contributed by atoms with Gasteiger partial charge in [-0.05, 0) is 30.2 Å². The summed E-state index contributed by atoms with van der Waals surface area (Å²) in [5.41, 5.74) is 1.20. The topological polar surface area (TPSA) is 12.9 Å². The molecule has 84 valence electrons. The number of fused-ring (bicyclic) bond motifs is 1. The third-order valence-electron chi connectivity index (χ3n) is 2.84. The Morgan fingerprint density at radius 3 is 2.75 bits per heavy atom. The highest BCUT2D eigenvalue weighted by molar-refractivity contribution is 9.09. The first-order valence-electron chi connectivity index (χ1n) is 5.69. The molecule has 0 radical (unpaired) electrons. The summed E-state index contributed by atoms with van der Waals surface area (Å²) in [4.78, 5) is 4.50. The quantitative estimate of drug-likeness (QED) is 0.764. The average molecular weight is 278 g/mol. The van der Waals surface area contributed by atoms with E-state index in [9.17, 15) is 0 Å². The van der Waals surface area contributed by atoms with Gasteiger partial charge in [0.15, 0.2) is 0 Å². The van der Waals surface area contributed by atoms with Gasteiger partial charge in [-0.25, -0.2) is 0 Å². The zero-order valence-corrected chi connectivity index (χ0v) is 11.1. The molecule has 2 aromatic rings. The highest BCUT2D eigenvalue weighted by Crippen LogP contribution is 2.16. The van der Waals surface area contributed by atoms with E-state index in [4.69, 9.17) is 0 Å². The maximum absolute atomic E-state index is 4.50. The summed E-state index contributed by atoms with van der Waals surface area (Å²) < 4.78 is 0. The lowest BCUT2D eigenvalue weighted by Crippen LogP contribution is -1.99. The van der Waals surface area contributed by atoms with E-state index in [2.05, 4.69) is 58.2 Å². The summed E-state index contributed by atoms with van der Waals surface area (Å²) in [6.45, 7) is 2.26. The van der Waals surface area contributed by atoms with Gasteiger partial charge < -0.3 is 0 Å². The maximum Gasteiger partial charge on any atom is 0.0410 e. The van der Waals surface area contributed by atoms with E-state index in [1.54, 1.807) is 0 Å². The molecule has 1 unspecified atom stereocenters. The summed E-state index contributed by atoms with van der Waals surface area (Å²) in [6, 6.07) is 10.6. The van der Waals surface area contributed by atoms with E-state index in [0.717, 1.165) is 11.8 Å². The highest BCUT2D eigenvalue weighted by atomic mass is 79.9. The molecule has 1 heterocycles. The van der Waals surface area contributed by atoms with Crippen molar-refractivity contribution < 1.29 is 0 Å². The Morgan fingerprint density at radius 2 is 2.00 bits per heavy atom. The van der Waals surface area contributed by atoms with Crippen LogP contribution in [0.1, 0.15) is 19.0 Å². The first-order valence-corrected chi connectivity index (χ1v) is 6.81. The van der Waals surface area contributed by atoms with Gasteiger partial charge in [0.2, 0.25) is 0 Å². The molecule has 1 aromatic carbocycles. The highest BCUT2D eigenvalue weighted by Gasteiger charge is 2.02. The van der Waals surface area contributed by atoms with Crippen molar-refractivity contribution in [2.75, 3.05) is 5.33 Å². The van der Waals surface area contributed by atoms with E-state index < -0.39 is 0 Å². The number of aromatic nitrogens is 1. The molecule has 0 aliphatic carbocycles. The van der Waals surface area contributed by atoms with Gasteiger partial charge in [-0.1, -0.05) is 47.1 Å². The zero-order chi connectivity index (χ0) is 11.4. The van der Waals surface area contributed by atoms with Gasteiger partial charge in [0.1, 0.15) is 0 Å². The fraction of sp³-hybridized carbons (Fsp3) is 0.357. The molecule has 0 spiro atoms. The molecule has 0 N–H and O–H groups in total. The minimum atomic E-state index is 0.716. The first kappa shape index (κ1) is 11.6. The third-order valence-corrected chi connectivity index (χ3v) is 3.95. The van der Waals surface area contributed by atoms with E-state index in [1.807, 2.05) is 6.20 Å². The minimum absolute atomic E-state index is 0.716. The van der Waals surface area contributed by atoms with Crippen LogP contribution in [0, 0.1) is 5.92 Å². The summed E-state index contributed by atoms with van der Waals surface area (Å²) >= 11 is 3.51. The molecule has 2 rings (SSSR count). The second kappa shape index (κ2) is 5.44. The van der Waals surface area contributed by atoms with Crippen molar-refractivity contribution in [3.05, 3.63) is 42.2 Å². The maximum atomic E-state index is 4.50. The Morgan fingerprint density at radius 1 is 1.25 bits per heavy atom. The van der Waals surface area contributed by atoms with Crippen molar-refractivity contribution >= 4 is 26.7 Å². The molecule has 1 nitrogen and oxygen atoms in total. The normalized spacial score (nSPS) is 12.9. The number of alkyl halides is 1. The van der Waals surface area contributed by atoms with Crippen molar-refractivity contribution in [1.29, 1.82) is 0 Å². The standard InChI is InChI=1S/C14H16BrN/c1-11(9-15)6-7-14-8-12-4-2-3-5-13(12)10-16-14/h2-5,8,10-11H,6-7,9H2,1H3. The number of benzene rings is 1. The zero-order valence-electron chi connectivity index (χ0n) is 9.49. The molecular formula is C14H16BrN. The number of hydrogen-bond donors (Lipinski definition) is 0. The first-order chi connectivity index (χ1) is 7.79. The molecule has 0 aliphatic rings. The Bertz CT molecular complexity index is 467. The lowest BCUT2D eigenvalue weighted by Gasteiger charge is -2.07. The number of nitrogens with zero attached hydrogens (tertiary/aromatic N) is 1. The van der Waals surface area contributed by atoms with Crippen LogP contribution in [0.15, 0.2) is 36.5 Å². The fourth-order valence-electron chi connectivity index (χ4n) is 1.74. The molecule has 0 bridgehead atoms. The lowest BCUT2D eigenvalue weighted by molar-refractivity contribution is 0.594. The predicted octanol–water partition coefficient (Wildman–Crippen LogP) is 4.20. The number of halogens is 1. The van der Waals surface area contributed by atoms with Crippen LogP contribution in [-0.2, 0) is 6.42 Å². The van der Waals surface area contributed by atoms with Gasteiger partial charge in [0.05, 0.1) is 0 Å². The Hall–Kier alpha value is -0.890. The van der Waals surface area contributed by atoms with Crippen LogP contribution < -0.4 is 0 Å². The SMILES string of the molecule is CC(CBr)CCc1cc2ccccc2cn1. The average Bonchev–Trinajstić information content (AvgIpc) is 2.35. The molecule has 1 aromatic heterocycles. The molecule has 0 amide bonds. The Labute approximate surface area is 105 Å². The van der Waals surface area contributed by atoms with Crippen molar-refractivity contribution in [1.82, 2.24) is 4.98 Å². The smallest absolute Gasteiger partial charge is 0.0410 e. The second-order valence-corrected chi connectivity index (χ2v) is 4.97. The number of hydrogen-bond acceptors (Lipinski definition) is 1. The van der Waals surface area contributed by atoms with Crippen LogP contribution in [0.2, 0.25) is 0 Å². The second-order valence-electron chi connectivity index (χ2n) is 4.32. The van der Waals surface area contributed by atoms with Crippen LogP contribution >= 0.6 is 15.9 Å². The summed E-state index contributed by atoms with van der Waals surface area (Å²) in [5.74, 6) is 0.716. The largest absolute Gasteiger partial charge is 0.261 e. The molecule has 0 saturated carbocycles. The van der Waals surface area contributed by atoms with Gasteiger partial charge in [-0.15, -0.1) is 0 Å². The van der Waals surface area contributed by atoms with Gasteiger partial charge >= 0.3 is 0 Å². The molecule has 0 aliphatic heterocycles. The van der Waals surface area contributed by atoms with Crippen LogP contribution in [-0.4, -0.2) is 10.3 Å². The molecular weight excluding hydrogens is 262 g/mol. The van der Waals surface area contributed by atoms with Gasteiger partial charge in [0.25, 0.3) is 0 Å². The monoisotopic (exact) mass is 277 g/mol. The summed E-state index contributed by atoms with van der Waals surface area (Å²) in [7, 11) is 0. The molecule has 1 atom stereocenters. The Balaban J connectivity index is 2.13. The van der Waals surface area contributed by atoms with Crippen molar-refractivity contribution in [2.45, 2.75) is 19.8 Å². The van der Waals surface area contributed by atoms with Crippen LogP contribution in [0.4, 0.5) is 0 Å². The molecule has 0 fully saturated rings. The molecule has 16 heavy (non-hydrogen) atoms. The fourth-order valence-corrected chi connectivity index (χ4v) is 2.06. The van der Waals surface area contributed by atoms with E-state index in [0.29, 0.717) is 5.92 Å². The molecule has 2 heteroatoms. The van der Waals surface area contributed by atoms with Gasteiger partial charge in [-0.2, -0.15) is 0 Å². The third kappa shape index (κ3) is 2.82. The van der Waals surface area contributed by atoms with Crippen molar-refractivity contribution in [2.24, 2.45) is 5.92 Å². The van der Waals surface area contributed by atoms with Crippen LogP contribution in [0.25, 0.3) is 10.8 Å². The van der Waals surface area contributed by atoms with Crippen molar-refractivity contribution in [3.63, 3.8) is 0 Å². The van der Waals surface area contributed by atoms with Gasteiger partial charge in [-0.3, -0.25) is 4.98 Å².